The molecule has 0 heterocycles. The van der Waals surface area contributed by atoms with Gasteiger partial charge in [0.15, 0.2) is 0 Å². The van der Waals surface area contributed by atoms with Gasteiger partial charge in [-0.3, -0.25) is 4.79 Å². The molecule has 1 aromatic carbocycles. The number of aryl methyl sites for hydroxylation is 1. The second-order valence-corrected chi connectivity index (χ2v) is 8.14. The molecule has 1 rings (SSSR count). The number of carbonyl (C=O) groups excluding carboxylic acids is 1. The summed E-state index contributed by atoms with van der Waals surface area (Å²) in [6, 6.07) is 5.41. The molecular formula is C16H26N2O3S. The summed E-state index contributed by atoms with van der Waals surface area (Å²) in [6.45, 7) is 10.1. The van der Waals surface area contributed by atoms with Crippen LogP contribution in [-0.2, 0) is 20.2 Å². The molecule has 0 radical (unpaired) electrons. The van der Waals surface area contributed by atoms with Crippen molar-refractivity contribution in [2.24, 2.45) is 0 Å². The van der Waals surface area contributed by atoms with Crippen LogP contribution in [0.15, 0.2) is 23.1 Å². The quantitative estimate of drug-likeness (QED) is 0.840. The molecule has 5 nitrogen and oxygen atoms in total. The van der Waals surface area contributed by atoms with E-state index in [0.29, 0.717) is 12.1 Å². The average molecular weight is 326 g/mol. The van der Waals surface area contributed by atoms with E-state index >= 15 is 0 Å². The Hall–Kier alpha value is -1.40. The van der Waals surface area contributed by atoms with Gasteiger partial charge in [-0.2, -0.15) is 0 Å². The first kappa shape index (κ1) is 18.6. The molecule has 2 N–H and O–H groups in total. The van der Waals surface area contributed by atoms with E-state index in [1.165, 1.54) is 0 Å². The summed E-state index contributed by atoms with van der Waals surface area (Å²) in [5.74, 6) is -0.324. The third kappa shape index (κ3) is 5.10. The maximum atomic E-state index is 12.4. The topological polar surface area (TPSA) is 75.3 Å². The largest absolute Gasteiger partial charge is 0.355 e. The van der Waals surface area contributed by atoms with E-state index in [1.54, 1.807) is 19.1 Å². The Morgan fingerprint density at radius 2 is 1.86 bits per heavy atom. The molecule has 22 heavy (non-hydrogen) atoms. The molecule has 0 saturated carbocycles. The predicted molar refractivity (Wildman–Crippen MR) is 88.4 cm³/mol. The number of sulfonamides is 1. The molecule has 0 saturated heterocycles. The van der Waals surface area contributed by atoms with Crippen LogP contribution in [-0.4, -0.2) is 27.4 Å². The van der Waals surface area contributed by atoms with Gasteiger partial charge in [0.1, 0.15) is 0 Å². The summed E-state index contributed by atoms with van der Waals surface area (Å²) in [4.78, 5) is 11.8. The van der Waals surface area contributed by atoms with Crippen LogP contribution >= 0.6 is 0 Å². The first-order chi connectivity index (χ1) is 10.1. The summed E-state index contributed by atoms with van der Waals surface area (Å²) < 4.78 is 27.2. The second kappa shape index (κ2) is 7.24. The number of nitrogens with one attached hydrogen (secondary N) is 2. The summed E-state index contributed by atoms with van der Waals surface area (Å²) >= 11 is 0. The normalized spacial score (nSPS) is 12.2. The van der Waals surface area contributed by atoms with Gasteiger partial charge in [0.2, 0.25) is 15.9 Å². The Balaban J connectivity index is 2.96. The van der Waals surface area contributed by atoms with Gasteiger partial charge in [0.05, 0.1) is 11.4 Å². The number of benzene rings is 1. The van der Waals surface area contributed by atoms with Crippen molar-refractivity contribution in [2.45, 2.75) is 51.3 Å². The molecule has 0 bridgehead atoms. The van der Waals surface area contributed by atoms with Crippen LogP contribution in [0.1, 0.15) is 45.2 Å². The highest BCUT2D eigenvalue weighted by Crippen LogP contribution is 2.26. The van der Waals surface area contributed by atoms with Crippen molar-refractivity contribution in [3.8, 4) is 0 Å². The van der Waals surface area contributed by atoms with Crippen molar-refractivity contribution in [3.63, 3.8) is 0 Å². The van der Waals surface area contributed by atoms with Crippen molar-refractivity contribution in [1.82, 2.24) is 10.0 Å². The second-order valence-electron chi connectivity index (χ2n) is 6.40. The summed E-state index contributed by atoms with van der Waals surface area (Å²) in [5, 5.41) is 2.64. The lowest BCUT2D eigenvalue weighted by atomic mass is 9.87. The van der Waals surface area contributed by atoms with Crippen LogP contribution in [0.25, 0.3) is 0 Å². The van der Waals surface area contributed by atoms with E-state index < -0.39 is 10.0 Å². The molecule has 0 atom stereocenters. The van der Waals surface area contributed by atoms with Crippen LogP contribution in [0.5, 0.6) is 0 Å². The minimum absolute atomic E-state index is 0.142. The lowest BCUT2D eigenvalue weighted by Gasteiger charge is -2.20. The molecular weight excluding hydrogens is 300 g/mol. The smallest absolute Gasteiger partial charge is 0.241 e. The summed E-state index contributed by atoms with van der Waals surface area (Å²) in [7, 11) is -3.70. The fourth-order valence-corrected chi connectivity index (χ4v) is 3.17. The fourth-order valence-electron chi connectivity index (χ4n) is 1.92. The van der Waals surface area contributed by atoms with E-state index in [2.05, 4.69) is 10.0 Å². The molecule has 0 fully saturated rings. The summed E-state index contributed by atoms with van der Waals surface area (Å²) in [5.41, 5.74) is 1.46. The lowest BCUT2D eigenvalue weighted by Crippen LogP contribution is -2.37. The average Bonchev–Trinajstić information content (AvgIpc) is 2.42. The third-order valence-corrected chi connectivity index (χ3v) is 4.88. The van der Waals surface area contributed by atoms with Crippen molar-refractivity contribution in [3.05, 3.63) is 29.3 Å². The highest BCUT2D eigenvalue weighted by Gasteiger charge is 2.21. The van der Waals surface area contributed by atoms with Crippen molar-refractivity contribution < 1.29 is 13.2 Å². The van der Waals surface area contributed by atoms with Gasteiger partial charge in [-0.25, -0.2) is 13.1 Å². The van der Waals surface area contributed by atoms with Gasteiger partial charge < -0.3 is 5.32 Å². The molecule has 1 aromatic rings. The highest BCUT2D eigenvalue weighted by atomic mass is 32.2. The third-order valence-electron chi connectivity index (χ3n) is 3.34. The minimum Gasteiger partial charge on any atom is -0.355 e. The highest BCUT2D eigenvalue weighted by molar-refractivity contribution is 7.89. The molecule has 0 unspecified atom stereocenters. The monoisotopic (exact) mass is 326 g/mol. The van der Waals surface area contributed by atoms with Crippen LogP contribution in [0.4, 0.5) is 0 Å². The van der Waals surface area contributed by atoms with Gasteiger partial charge in [0, 0.05) is 6.54 Å². The summed E-state index contributed by atoms with van der Waals surface area (Å²) in [6.07, 6.45) is 0.811. The number of rotatable bonds is 6. The van der Waals surface area contributed by atoms with Crippen LogP contribution < -0.4 is 10.0 Å². The molecule has 6 heteroatoms. The Kier molecular flexibility index (Phi) is 6.14. The first-order valence-electron chi connectivity index (χ1n) is 7.45. The van der Waals surface area contributed by atoms with E-state index in [9.17, 15) is 13.2 Å². The molecule has 0 spiro atoms. The van der Waals surface area contributed by atoms with E-state index in [-0.39, 0.29) is 22.8 Å². The van der Waals surface area contributed by atoms with Crippen LogP contribution in [0.2, 0.25) is 0 Å². The maximum absolute atomic E-state index is 12.4. The van der Waals surface area contributed by atoms with Gasteiger partial charge in [-0.1, -0.05) is 39.8 Å². The zero-order valence-electron chi connectivity index (χ0n) is 14.0. The zero-order valence-corrected chi connectivity index (χ0v) is 14.8. The molecule has 0 aromatic heterocycles. The SMILES string of the molecule is CCCNC(=O)CNS(=O)(=O)c1cc(C(C)(C)C)ccc1C. The molecule has 0 aliphatic rings. The van der Waals surface area contributed by atoms with Gasteiger partial charge >= 0.3 is 0 Å². The van der Waals surface area contributed by atoms with Gasteiger partial charge in [0.25, 0.3) is 0 Å². The van der Waals surface area contributed by atoms with E-state index in [1.807, 2.05) is 33.8 Å². The van der Waals surface area contributed by atoms with Gasteiger partial charge in [-0.15, -0.1) is 0 Å². The molecule has 124 valence electrons. The van der Waals surface area contributed by atoms with Crippen molar-refractivity contribution in [1.29, 1.82) is 0 Å². The van der Waals surface area contributed by atoms with E-state index in [4.69, 9.17) is 0 Å². The fraction of sp³-hybridized carbons (Fsp3) is 0.562. The maximum Gasteiger partial charge on any atom is 0.241 e. The van der Waals surface area contributed by atoms with Crippen LogP contribution in [0.3, 0.4) is 0 Å². The lowest BCUT2D eigenvalue weighted by molar-refractivity contribution is -0.119. The number of carbonyl (C=O) groups is 1. The predicted octanol–water partition coefficient (Wildman–Crippen LogP) is 2.10. The molecule has 0 aliphatic carbocycles. The number of hydrogen-bond donors (Lipinski definition) is 2. The van der Waals surface area contributed by atoms with Gasteiger partial charge in [-0.05, 0) is 36.0 Å². The first-order valence-corrected chi connectivity index (χ1v) is 8.93. The zero-order chi connectivity index (χ0) is 17.0. The van der Waals surface area contributed by atoms with Crippen molar-refractivity contribution in [2.75, 3.05) is 13.1 Å². The molecule has 0 aliphatic heterocycles. The van der Waals surface area contributed by atoms with Crippen LogP contribution in [0, 0.1) is 6.92 Å². The Morgan fingerprint density at radius 3 is 2.41 bits per heavy atom. The Bertz CT molecular complexity index is 631. The number of hydrogen-bond acceptors (Lipinski definition) is 3. The minimum atomic E-state index is -3.70. The Morgan fingerprint density at radius 1 is 1.23 bits per heavy atom. The van der Waals surface area contributed by atoms with E-state index in [0.717, 1.165) is 12.0 Å². The number of amides is 1. The van der Waals surface area contributed by atoms with Crippen molar-refractivity contribution >= 4 is 15.9 Å². The standard InChI is InChI=1S/C16H26N2O3S/c1-6-9-17-15(19)11-18-22(20,21)14-10-13(16(3,4)5)8-7-12(14)2/h7-8,10,18H,6,9,11H2,1-5H3,(H,17,19). The molecule has 1 amide bonds. The Labute approximate surface area is 133 Å².